The van der Waals surface area contributed by atoms with E-state index in [1.165, 1.54) is 241 Å². The molecule has 4 aliphatic carbocycles. The summed E-state index contributed by atoms with van der Waals surface area (Å²) in [7, 11) is 0. The van der Waals surface area contributed by atoms with Crippen LogP contribution in [-0.4, -0.2) is 150 Å². The molecule has 16 heteroatoms. The van der Waals surface area contributed by atoms with Gasteiger partial charge in [-0.25, -0.2) is 24.9 Å². The Balaban J connectivity index is 0.0000000880. The Hall–Kier alpha value is -10.3. The summed E-state index contributed by atoms with van der Waals surface area (Å²) in [6.07, 6.45) is 21.8. The number of benzene rings is 6. The van der Waals surface area contributed by atoms with Gasteiger partial charge in [0.05, 0.1) is 6.67 Å². The first-order valence-corrected chi connectivity index (χ1v) is 54.0. The Labute approximate surface area is 824 Å². The van der Waals surface area contributed by atoms with Gasteiger partial charge in [0.25, 0.3) is 0 Å². The fourth-order valence-electron chi connectivity index (χ4n) is 35.2. The van der Waals surface area contributed by atoms with E-state index in [1.54, 1.807) is 0 Å². The molecular weight excluding hydrogens is 1720 g/mol. The molecule has 20 aliphatic rings. The molecule has 1 spiro atoms. The Bertz CT molecular complexity index is 7630. The minimum absolute atomic E-state index is 0.103. The van der Waals surface area contributed by atoms with Gasteiger partial charge in [-0.2, -0.15) is 0 Å². The molecule has 16 nitrogen and oxygen atoms in total. The molecule has 36 rings (SSSR count). The molecule has 722 valence electrons. The molecule has 14 saturated heterocycles. The van der Waals surface area contributed by atoms with Crippen LogP contribution in [0, 0.1) is 111 Å². The van der Waals surface area contributed by atoms with Crippen molar-refractivity contribution in [3.8, 4) is 0 Å². The lowest BCUT2D eigenvalue weighted by atomic mass is 9.46. The predicted molar refractivity (Wildman–Crippen MR) is 566 cm³/mol. The highest BCUT2D eigenvalue weighted by atomic mass is 16.4. The molecule has 16 aliphatic heterocycles. The molecule has 21 unspecified atom stereocenters. The lowest BCUT2D eigenvalue weighted by Gasteiger charge is -2.71. The molecule has 16 aromatic rings. The Morgan fingerprint density at radius 1 is 0.329 bits per heavy atom. The fraction of sp³-hybridized carbons (Fsp3) is 0.508. The summed E-state index contributed by atoms with van der Waals surface area (Å²) >= 11 is 0. The summed E-state index contributed by atoms with van der Waals surface area (Å²) in [4.78, 5) is 40.0. The summed E-state index contributed by atoms with van der Waals surface area (Å²) in [5.74, 6) is 6.19. The molecular formula is C124H141N11O5. The van der Waals surface area contributed by atoms with Gasteiger partial charge in [0.15, 0.2) is 0 Å². The quantitative estimate of drug-likeness (QED) is 0.161. The van der Waals surface area contributed by atoms with Crippen molar-refractivity contribution in [3.05, 3.63) is 235 Å². The maximum atomic E-state index is 6.59. The van der Waals surface area contributed by atoms with E-state index < -0.39 is 0 Å². The van der Waals surface area contributed by atoms with Gasteiger partial charge in [-0.15, -0.1) is 0 Å². The maximum absolute atomic E-state index is 6.59. The fourth-order valence-corrected chi connectivity index (χ4v) is 35.2. The molecule has 4 saturated carbocycles. The first kappa shape index (κ1) is 88.6. The first-order valence-electron chi connectivity index (χ1n) is 54.0. The van der Waals surface area contributed by atoms with E-state index in [0.29, 0.717) is 47.2 Å². The highest BCUT2D eigenvalue weighted by molar-refractivity contribution is 6.09. The maximum Gasteiger partial charge on any atom is 0.227 e. The van der Waals surface area contributed by atoms with Gasteiger partial charge in [0.1, 0.15) is 27.9 Å². The standard InChI is InChI=1S/C28H34N2O.C26H26N2O.C25H30N2O.C23H26N2O.C22H25N3O/c1-17-7-9-22-23-10-8-18(2)29-26(23)31-25(22)24(17)27-14-20-13-21(15-27)28(11-5-4-6-12-28)30(16-20)19(27)3;1-15-9-11-18-19-12-10-16(2)27-25(19)29-24(18)22(15)23-17(3)28-14-13-26(23,4)20-7-5-6-8-21(20)28;1-14-6-8-19-20-9-7-15(2)26-23(20)28-22(19)21(14)25-11-17-10-18(12-25)24(4,5)27(13-17)16(25)3;1-13-4-6-18-19-7-5-14(2)24-22(19)26-21(18)20(13)23-9-16-8-17(10-23)12-25(11-16)15(23)3;1-13-4-6-17-18-7-5-14(2)23-21(18)26-20(17)19(13)22-8-16-9-24(11-22)12-25(10-16)15(22)3/h7-10,19-21H,4-6,11-16H2,1-3H3;5-12,17,23H,13-14H2,1-4H3;6-9,16-18H,10-13H2,1-5H3;4-7,15-17H,8-12H2,1-3H3;4-7,15-16H,8-12H2,1-3H3. The third-order valence-corrected chi connectivity index (χ3v) is 41.2. The zero-order valence-electron chi connectivity index (χ0n) is 86.0. The molecule has 140 heavy (non-hydrogen) atoms. The number of pyridine rings is 5. The number of hydrogen-bond acceptors (Lipinski definition) is 16. The number of anilines is 1. The number of piperidine rings is 12. The summed E-state index contributed by atoms with van der Waals surface area (Å²) < 4.78 is 32.4. The topological polar surface area (TPSA) is 150 Å². The van der Waals surface area contributed by atoms with Gasteiger partial charge in [0, 0.05) is 242 Å². The van der Waals surface area contributed by atoms with Crippen molar-refractivity contribution in [1.29, 1.82) is 0 Å². The van der Waals surface area contributed by atoms with E-state index in [4.69, 9.17) is 32.1 Å². The van der Waals surface area contributed by atoms with Crippen molar-refractivity contribution in [2.24, 2.45) is 41.4 Å². The van der Waals surface area contributed by atoms with Crippen LogP contribution < -0.4 is 4.90 Å². The van der Waals surface area contributed by atoms with E-state index in [9.17, 15) is 0 Å². The van der Waals surface area contributed by atoms with Crippen molar-refractivity contribution in [2.45, 2.75) is 302 Å². The Kier molecular flexibility index (Phi) is 19.8. The number of rotatable bonds is 5. The summed E-state index contributed by atoms with van der Waals surface area (Å²) in [6, 6.07) is 55.8. The summed E-state index contributed by atoms with van der Waals surface area (Å²) in [5.41, 5.74) is 33.2. The number of hydrogen-bond donors (Lipinski definition) is 0. The molecule has 26 heterocycles. The van der Waals surface area contributed by atoms with Crippen LogP contribution in [0.4, 0.5) is 5.69 Å². The zero-order valence-corrected chi connectivity index (χ0v) is 86.0. The molecule has 21 atom stereocenters. The molecule has 18 bridgehead atoms. The molecule has 0 amide bonds. The van der Waals surface area contributed by atoms with Crippen molar-refractivity contribution >= 4 is 116 Å². The van der Waals surface area contributed by atoms with Crippen molar-refractivity contribution in [2.75, 3.05) is 63.9 Å². The number of para-hydroxylation sites is 1. The van der Waals surface area contributed by atoms with Gasteiger partial charge in [-0.3, -0.25) is 24.5 Å². The van der Waals surface area contributed by atoms with Gasteiger partial charge < -0.3 is 27.0 Å². The van der Waals surface area contributed by atoms with Crippen LogP contribution >= 0.6 is 0 Å². The van der Waals surface area contributed by atoms with Crippen molar-refractivity contribution in [1.82, 2.24) is 49.4 Å². The van der Waals surface area contributed by atoms with Gasteiger partial charge in [0.2, 0.25) is 28.6 Å². The zero-order chi connectivity index (χ0) is 95.6. The van der Waals surface area contributed by atoms with E-state index in [2.05, 4.69) is 287 Å². The van der Waals surface area contributed by atoms with Crippen LogP contribution in [-0.2, 0) is 27.1 Å². The van der Waals surface area contributed by atoms with Crippen LogP contribution in [0.15, 0.2) is 168 Å². The number of fused-ring (bicyclic) bond motifs is 17. The summed E-state index contributed by atoms with van der Waals surface area (Å²) in [6.45, 7) is 52.4. The van der Waals surface area contributed by atoms with Crippen LogP contribution in [0.25, 0.3) is 110 Å². The minimum Gasteiger partial charge on any atom is -0.437 e. The van der Waals surface area contributed by atoms with Crippen molar-refractivity contribution in [3.63, 3.8) is 0 Å². The van der Waals surface area contributed by atoms with Gasteiger partial charge in [-0.1, -0.05) is 105 Å². The number of aryl methyl sites for hydroxylation is 10. The average molecular weight is 1870 g/mol. The molecule has 0 radical (unpaired) electrons. The third kappa shape index (κ3) is 12.6. The molecule has 18 fully saturated rings. The SMILES string of the molecule is Cc1ccc2c(n1)oc1c(C34CC5CC(C3)C(C)(C)N(C5)C4C)c(C)ccc12.Cc1ccc2c(n1)oc1c(C34CC5CC(C3)C3(CCCCC3)N(C5)C4C)c(C)ccc12.Cc1ccc2c(n1)oc1c(C34CC5CC(CN(C5)C3C)C4)c(C)ccc12.Cc1ccc2c(n1)oc1c(C34CC5CN(CN(C5)C3C)C4)c(C)ccc12.Cc1ccc2c(n1)oc1c(C3C(C)N4CCC3(C)c3ccccc34)c(C)ccc12. The second-order valence-corrected chi connectivity index (χ2v) is 49.0. The van der Waals surface area contributed by atoms with Crippen molar-refractivity contribution < 1.29 is 22.1 Å². The summed E-state index contributed by atoms with van der Waals surface area (Å²) in [5, 5.41) is 11.9. The molecule has 6 aromatic carbocycles. The largest absolute Gasteiger partial charge is 0.437 e. The number of furan rings is 5. The molecule has 0 N–H and O–H groups in total. The third-order valence-electron chi connectivity index (χ3n) is 41.2. The lowest BCUT2D eigenvalue weighted by molar-refractivity contribution is -0.182. The minimum atomic E-state index is 0.103. The highest BCUT2D eigenvalue weighted by Crippen LogP contribution is 2.68. The van der Waals surface area contributed by atoms with Crippen LogP contribution in [0.2, 0.25) is 0 Å². The second-order valence-electron chi connectivity index (χ2n) is 49.0. The second kappa shape index (κ2) is 31.3. The van der Waals surface area contributed by atoms with Crippen LogP contribution in [0.3, 0.4) is 0 Å². The molecule has 10 aromatic heterocycles. The smallest absolute Gasteiger partial charge is 0.227 e. The average Bonchev–Trinajstić information content (AvgIpc) is 0.956. The highest BCUT2D eigenvalue weighted by Gasteiger charge is 2.67. The number of nitrogens with zero attached hydrogens (tertiary/aromatic N) is 11. The van der Waals surface area contributed by atoms with E-state index in [1.807, 2.05) is 27.7 Å². The normalized spacial score (nSPS) is 33.7. The van der Waals surface area contributed by atoms with Gasteiger partial charge in [-0.05, 0) is 343 Å². The van der Waals surface area contributed by atoms with E-state index >= 15 is 0 Å². The van der Waals surface area contributed by atoms with Crippen LogP contribution in [0.5, 0.6) is 0 Å². The Morgan fingerprint density at radius 2 is 0.707 bits per heavy atom. The van der Waals surface area contributed by atoms with E-state index in [-0.39, 0.29) is 27.1 Å². The number of aromatic nitrogens is 5. The van der Waals surface area contributed by atoms with E-state index in [0.717, 1.165) is 168 Å². The monoisotopic (exact) mass is 1860 g/mol. The predicted octanol–water partition coefficient (Wildman–Crippen LogP) is 27.5. The first-order chi connectivity index (χ1) is 67.4. The van der Waals surface area contributed by atoms with Crippen LogP contribution in [0.1, 0.15) is 254 Å². The van der Waals surface area contributed by atoms with Gasteiger partial charge >= 0.3 is 0 Å². The Morgan fingerprint density at radius 3 is 1.19 bits per heavy atom. The lowest BCUT2D eigenvalue weighted by Crippen LogP contribution is -2.75.